The van der Waals surface area contributed by atoms with Gasteiger partial charge in [-0.05, 0) is 12.1 Å². The predicted molar refractivity (Wildman–Crippen MR) is 63.1 cm³/mol. The third-order valence-corrected chi connectivity index (χ3v) is 2.05. The fourth-order valence-electron chi connectivity index (χ4n) is 1.08. The van der Waals surface area contributed by atoms with Gasteiger partial charge in [-0.25, -0.2) is 9.18 Å². The van der Waals surface area contributed by atoms with Crippen molar-refractivity contribution in [3.8, 4) is 11.8 Å². The van der Waals surface area contributed by atoms with Gasteiger partial charge in [-0.2, -0.15) is 12.6 Å². The summed E-state index contributed by atoms with van der Waals surface area (Å²) < 4.78 is 13.3. The fraction of sp³-hybridized carbons (Fsp3) is 0.182. The van der Waals surface area contributed by atoms with Gasteiger partial charge in [0.15, 0.2) is 0 Å². The average molecular weight is 239 g/mol. The van der Waals surface area contributed by atoms with E-state index in [4.69, 9.17) is 10.8 Å². The molecule has 0 bridgehead atoms. The standard InChI is InChI=1S/C11H10FNO2S/c12-9-6-10(13)8(11(14)15)5-7(9)3-1-2-4-16/h5-6,16H,2,4,13H2,(H,14,15). The Morgan fingerprint density at radius 3 is 2.81 bits per heavy atom. The molecule has 0 aliphatic heterocycles. The van der Waals surface area contributed by atoms with Crippen molar-refractivity contribution >= 4 is 24.3 Å². The average Bonchev–Trinajstić information content (AvgIpc) is 2.21. The Morgan fingerprint density at radius 1 is 1.56 bits per heavy atom. The largest absolute Gasteiger partial charge is 0.478 e. The molecule has 0 aromatic heterocycles. The summed E-state index contributed by atoms with van der Waals surface area (Å²) in [6.45, 7) is 0. The number of anilines is 1. The van der Waals surface area contributed by atoms with Crippen LogP contribution in [0.2, 0.25) is 0 Å². The quantitative estimate of drug-likeness (QED) is 0.419. The molecule has 0 aliphatic carbocycles. The van der Waals surface area contributed by atoms with Crippen LogP contribution in [-0.2, 0) is 0 Å². The normalized spacial score (nSPS) is 9.38. The van der Waals surface area contributed by atoms with Crippen molar-refractivity contribution in [2.24, 2.45) is 0 Å². The number of hydrogen-bond donors (Lipinski definition) is 3. The first-order valence-electron chi connectivity index (χ1n) is 4.48. The number of benzene rings is 1. The Labute approximate surface area is 97.9 Å². The van der Waals surface area contributed by atoms with Gasteiger partial charge in [-0.3, -0.25) is 0 Å². The van der Waals surface area contributed by atoms with E-state index in [1.165, 1.54) is 0 Å². The van der Waals surface area contributed by atoms with Gasteiger partial charge in [0.25, 0.3) is 0 Å². The SMILES string of the molecule is Nc1cc(F)c(C#CCCS)cc1C(=O)O. The molecule has 16 heavy (non-hydrogen) atoms. The van der Waals surface area contributed by atoms with E-state index in [2.05, 4.69) is 24.5 Å². The number of aromatic carboxylic acids is 1. The van der Waals surface area contributed by atoms with Gasteiger partial charge in [0.2, 0.25) is 0 Å². The predicted octanol–water partition coefficient (Wildman–Crippen LogP) is 1.78. The summed E-state index contributed by atoms with van der Waals surface area (Å²) in [6, 6.07) is 2.10. The lowest BCUT2D eigenvalue weighted by Crippen LogP contribution is -2.04. The number of rotatable bonds is 2. The number of nitrogen functional groups attached to an aromatic ring is 1. The van der Waals surface area contributed by atoms with E-state index in [-0.39, 0.29) is 16.8 Å². The molecule has 0 saturated carbocycles. The molecule has 1 rings (SSSR count). The molecule has 0 fully saturated rings. The second-order valence-corrected chi connectivity index (χ2v) is 3.45. The van der Waals surface area contributed by atoms with Crippen LogP contribution < -0.4 is 5.73 Å². The van der Waals surface area contributed by atoms with Crippen LogP contribution in [-0.4, -0.2) is 16.8 Å². The maximum Gasteiger partial charge on any atom is 0.337 e. The Hall–Kier alpha value is -1.67. The molecule has 1 aromatic rings. The maximum absolute atomic E-state index is 13.3. The minimum atomic E-state index is -1.20. The minimum absolute atomic E-state index is 0.0355. The highest BCUT2D eigenvalue weighted by Gasteiger charge is 2.11. The molecule has 3 N–H and O–H groups in total. The maximum atomic E-state index is 13.3. The Morgan fingerprint density at radius 2 is 2.25 bits per heavy atom. The summed E-state index contributed by atoms with van der Waals surface area (Å²) in [5, 5.41) is 8.79. The molecule has 0 atom stereocenters. The van der Waals surface area contributed by atoms with Crippen LogP contribution in [0.1, 0.15) is 22.3 Å². The first-order valence-corrected chi connectivity index (χ1v) is 5.11. The van der Waals surface area contributed by atoms with Crippen LogP contribution in [0.3, 0.4) is 0 Å². The van der Waals surface area contributed by atoms with E-state index in [0.717, 1.165) is 12.1 Å². The fourth-order valence-corrected chi connectivity index (χ4v) is 1.20. The van der Waals surface area contributed by atoms with Gasteiger partial charge < -0.3 is 10.8 Å². The zero-order valence-electron chi connectivity index (χ0n) is 8.33. The monoisotopic (exact) mass is 239 g/mol. The third-order valence-electron chi connectivity index (χ3n) is 1.83. The Balaban J connectivity index is 3.16. The second kappa shape index (κ2) is 5.42. The summed E-state index contributed by atoms with van der Waals surface area (Å²) in [6.07, 6.45) is 0.509. The van der Waals surface area contributed by atoms with Gasteiger partial charge in [0.05, 0.1) is 11.1 Å². The van der Waals surface area contributed by atoms with Crippen molar-refractivity contribution in [3.05, 3.63) is 29.1 Å². The molecule has 0 saturated heterocycles. The number of thiol groups is 1. The van der Waals surface area contributed by atoms with Crippen molar-refractivity contribution in [1.82, 2.24) is 0 Å². The van der Waals surface area contributed by atoms with Crippen molar-refractivity contribution in [1.29, 1.82) is 0 Å². The summed E-state index contributed by atoms with van der Waals surface area (Å²) >= 11 is 3.95. The number of carbonyl (C=O) groups is 1. The summed E-state index contributed by atoms with van der Waals surface area (Å²) in [5.41, 5.74) is 5.15. The zero-order chi connectivity index (χ0) is 12.1. The van der Waals surface area contributed by atoms with Gasteiger partial charge in [0.1, 0.15) is 5.82 Å². The highest BCUT2D eigenvalue weighted by molar-refractivity contribution is 7.80. The Kier molecular flexibility index (Phi) is 4.20. The molecule has 1 aromatic carbocycles. The highest BCUT2D eigenvalue weighted by atomic mass is 32.1. The molecule has 3 nitrogen and oxygen atoms in total. The summed E-state index contributed by atoms with van der Waals surface area (Å²) in [7, 11) is 0. The number of carboxylic acid groups (broad SMARTS) is 1. The molecule has 0 spiro atoms. The molecular weight excluding hydrogens is 229 g/mol. The number of carboxylic acids is 1. The summed E-state index contributed by atoms with van der Waals surface area (Å²) in [4.78, 5) is 10.8. The van der Waals surface area contributed by atoms with Crippen molar-refractivity contribution < 1.29 is 14.3 Å². The van der Waals surface area contributed by atoms with E-state index in [1.807, 2.05) is 0 Å². The van der Waals surface area contributed by atoms with E-state index in [9.17, 15) is 9.18 Å². The molecule has 84 valence electrons. The summed E-state index contributed by atoms with van der Waals surface area (Å²) in [5.74, 6) is 3.97. The van der Waals surface area contributed by atoms with Gasteiger partial charge in [-0.15, -0.1) is 0 Å². The molecule has 0 radical (unpaired) electrons. The first kappa shape index (κ1) is 12.4. The molecule has 0 heterocycles. The van der Waals surface area contributed by atoms with E-state index in [0.29, 0.717) is 12.2 Å². The van der Waals surface area contributed by atoms with Crippen molar-refractivity contribution in [2.75, 3.05) is 11.5 Å². The van der Waals surface area contributed by atoms with Crippen molar-refractivity contribution in [2.45, 2.75) is 6.42 Å². The van der Waals surface area contributed by atoms with Crippen LogP contribution in [0.4, 0.5) is 10.1 Å². The van der Waals surface area contributed by atoms with Crippen LogP contribution in [0, 0.1) is 17.7 Å². The topological polar surface area (TPSA) is 63.3 Å². The molecule has 5 heteroatoms. The lowest BCUT2D eigenvalue weighted by molar-refractivity contribution is 0.0698. The van der Waals surface area contributed by atoms with Gasteiger partial charge >= 0.3 is 5.97 Å². The lowest BCUT2D eigenvalue weighted by atomic mass is 10.1. The van der Waals surface area contributed by atoms with Crippen molar-refractivity contribution in [3.63, 3.8) is 0 Å². The number of nitrogens with two attached hydrogens (primary N) is 1. The van der Waals surface area contributed by atoms with Crippen LogP contribution in [0.25, 0.3) is 0 Å². The molecule has 0 amide bonds. The van der Waals surface area contributed by atoms with Gasteiger partial charge in [-0.1, -0.05) is 11.8 Å². The van der Waals surface area contributed by atoms with Crippen LogP contribution in [0.5, 0.6) is 0 Å². The van der Waals surface area contributed by atoms with E-state index < -0.39 is 11.8 Å². The second-order valence-electron chi connectivity index (χ2n) is 3.00. The highest BCUT2D eigenvalue weighted by Crippen LogP contribution is 2.17. The first-order chi connectivity index (χ1) is 7.56. The molecule has 0 unspecified atom stereocenters. The molecular formula is C11H10FNO2S. The van der Waals surface area contributed by atoms with Gasteiger partial charge in [0, 0.05) is 17.9 Å². The number of halogens is 1. The van der Waals surface area contributed by atoms with Crippen LogP contribution >= 0.6 is 12.6 Å². The lowest BCUT2D eigenvalue weighted by Gasteiger charge is -2.02. The minimum Gasteiger partial charge on any atom is -0.478 e. The van der Waals surface area contributed by atoms with E-state index >= 15 is 0 Å². The third kappa shape index (κ3) is 2.91. The molecule has 0 aliphatic rings. The zero-order valence-corrected chi connectivity index (χ0v) is 9.22. The Bertz CT molecular complexity index is 477. The number of hydrogen-bond acceptors (Lipinski definition) is 3. The van der Waals surface area contributed by atoms with Crippen LogP contribution in [0.15, 0.2) is 12.1 Å². The van der Waals surface area contributed by atoms with E-state index in [1.54, 1.807) is 0 Å². The smallest absolute Gasteiger partial charge is 0.337 e.